The molecule has 19 heteroatoms. The molecule has 0 bridgehead atoms. The Kier molecular flexibility index (Phi) is 54.6. The van der Waals surface area contributed by atoms with E-state index < -0.39 is 97.5 Å². The highest BCUT2D eigenvalue weighted by atomic mass is 31.2. The second-order valence-electron chi connectivity index (χ2n) is 22.9. The summed E-state index contributed by atoms with van der Waals surface area (Å²) in [6.45, 7) is 7.06. The Morgan fingerprint density at radius 2 is 0.568 bits per heavy atom. The number of ether oxygens (including phenoxy) is 4. The normalized spacial score (nSPS) is 14.3. The van der Waals surface area contributed by atoms with Crippen LogP contribution in [0.1, 0.15) is 311 Å². The van der Waals surface area contributed by atoms with Crippen LogP contribution in [0, 0.1) is 5.92 Å². The van der Waals surface area contributed by atoms with E-state index in [1.165, 1.54) is 128 Å². The summed E-state index contributed by atoms with van der Waals surface area (Å²) in [5, 5.41) is 10.5. The molecule has 0 aliphatic carbocycles. The van der Waals surface area contributed by atoms with E-state index in [0.29, 0.717) is 31.6 Å². The van der Waals surface area contributed by atoms with E-state index in [1.807, 2.05) is 0 Å². The number of aliphatic hydroxyl groups is 1. The Balaban J connectivity index is 5.22. The Morgan fingerprint density at radius 1 is 0.333 bits per heavy atom. The maximum absolute atomic E-state index is 13.0. The summed E-state index contributed by atoms with van der Waals surface area (Å²) in [6, 6.07) is 0. The Hall–Kier alpha value is -1.94. The first kappa shape index (κ1) is 79.1. The lowest BCUT2D eigenvalue weighted by Gasteiger charge is -2.21. The minimum Gasteiger partial charge on any atom is -0.462 e. The molecule has 5 atom stereocenters. The standard InChI is InChI=1S/C62H120O17P2/c1-6-9-12-15-18-21-23-25-27-30-36-41-46-60(65)73-51-57(78-61(66)47-42-37-31-28-26-24-22-19-16-13-10-7-2)53-76-80(68,69)74-49-56(63)50-75-81(70,71)77-54-58(52-72-59(64)45-40-35-29-20-17-14-11-8-3)79-62(67)48-43-38-33-32-34-39-44-55(4)5/h55-58,63H,6-54H2,1-5H3,(H,68,69)(H,70,71)/t56-,57-,58-/m1/s1. The Bertz CT molecular complexity index is 1580. The number of esters is 4. The molecule has 0 heterocycles. The molecule has 0 fully saturated rings. The third-order valence-electron chi connectivity index (χ3n) is 14.3. The van der Waals surface area contributed by atoms with Crippen molar-refractivity contribution in [2.24, 2.45) is 5.92 Å². The van der Waals surface area contributed by atoms with Crippen molar-refractivity contribution in [3.63, 3.8) is 0 Å². The van der Waals surface area contributed by atoms with Crippen LogP contribution in [0.5, 0.6) is 0 Å². The molecule has 0 aromatic carbocycles. The SMILES string of the molecule is CCCCCCCCCCCCCCC(=O)OC[C@H](COP(=O)(O)OC[C@@H](O)COP(=O)(O)OC[C@@H](COC(=O)CCCCCCCCCC)OC(=O)CCCCCCCCC(C)C)OC(=O)CCCCCCCCCCCCCC. The monoisotopic (exact) mass is 1200 g/mol. The van der Waals surface area contributed by atoms with Gasteiger partial charge in [-0.2, -0.15) is 0 Å². The molecule has 0 spiro atoms. The van der Waals surface area contributed by atoms with Crippen molar-refractivity contribution in [2.45, 2.75) is 329 Å². The third kappa shape index (κ3) is 56.9. The fourth-order valence-electron chi connectivity index (χ4n) is 9.23. The minimum absolute atomic E-state index is 0.102. The zero-order chi connectivity index (χ0) is 59.9. The van der Waals surface area contributed by atoms with Gasteiger partial charge in [-0.3, -0.25) is 37.3 Å². The van der Waals surface area contributed by atoms with Crippen molar-refractivity contribution in [1.82, 2.24) is 0 Å². The molecule has 0 aliphatic heterocycles. The van der Waals surface area contributed by atoms with E-state index in [1.54, 1.807) is 0 Å². The lowest BCUT2D eigenvalue weighted by Crippen LogP contribution is -2.30. The molecule has 3 N–H and O–H groups in total. The second kappa shape index (κ2) is 55.9. The van der Waals surface area contributed by atoms with Gasteiger partial charge >= 0.3 is 39.5 Å². The summed E-state index contributed by atoms with van der Waals surface area (Å²) in [5.41, 5.74) is 0. The number of carbonyl (C=O) groups excluding carboxylic acids is 4. The lowest BCUT2D eigenvalue weighted by atomic mass is 10.0. The highest BCUT2D eigenvalue weighted by molar-refractivity contribution is 7.47. The van der Waals surface area contributed by atoms with Crippen LogP contribution in [0.25, 0.3) is 0 Å². The molecule has 81 heavy (non-hydrogen) atoms. The van der Waals surface area contributed by atoms with Crippen molar-refractivity contribution in [1.29, 1.82) is 0 Å². The van der Waals surface area contributed by atoms with Gasteiger partial charge in [0.1, 0.15) is 19.3 Å². The van der Waals surface area contributed by atoms with Crippen LogP contribution < -0.4 is 0 Å². The van der Waals surface area contributed by atoms with E-state index in [9.17, 15) is 43.2 Å². The van der Waals surface area contributed by atoms with Gasteiger partial charge in [0.25, 0.3) is 0 Å². The predicted molar refractivity (Wildman–Crippen MR) is 322 cm³/mol. The molecule has 0 saturated heterocycles. The maximum atomic E-state index is 13.0. The highest BCUT2D eigenvalue weighted by Gasteiger charge is 2.30. The summed E-state index contributed by atoms with van der Waals surface area (Å²) >= 11 is 0. The van der Waals surface area contributed by atoms with E-state index >= 15 is 0 Å². The fourth-order valence-corrected chi connectivity index (χ4v) is 10.8. The number of hydrogen-bond acceptors (Lipinski definition) is 15. The Labute approximate surface area is 492 Å². The Morgan fingerprint density at radius 3 is 0.840 bits per heavy atom. The van der Waals surface area contributed by atoms with Crippen LogP contribution in [0.15, 0.2) is 0 Å². The number of unbranched alkanes of at least 4 members (excludes halogenated alkanes) is 34. The fraction of sp³-hybridized carbons (Fsp3) is 0.935. The van der Waals surface area contributed by atoms with Crippen molar-refractivity contribution >= 4 is 39.5 Å². The van der Waals surface area contributed by atoms with Gasteiger partial charge in [-0.05, 0) is 31.6 Å². The summed E-state index contributed by atoms with van der Waals surface area (Å²) in [6.07, 6.45) is 39.0. The molecular formula is C62H120O17P2. The molecule has 480 valence electrons. The zero-order valence-corrected chi connectivity index (χ0v) is 53.7. The van der Waals surface area contributed by atoms with Gasteiger partial charge in [0.15, 0.2) is 12.2 Å². The van der Waals surface area contributed by atoms with Crippen LogP contribution >= 0.6 is 15.6 Å². The molecular weight excluding hydrogens is 1080 g/mol. The molecule has 0 aromatic rings. The lowest BCUT2D eigenvalue weighted by molar-refractivity contribution is -0.161. The van der Waals surface area contributed by atoms with Gasteiger partial charge in [-0.25, -0.2) is 9.13 Å². The van der Waals surface area contributed by atoms with E-state index in [0.717, 1.165) is 96.3 Å². The van der Waals surface area contributed by atoms with Crippen LogP contribution in [0.2, 0.25) is 0 Å². The average Bonchev–Trinajstić information content (AvgIpc) is 3.44. The molecule has 0 amide bonds. The average molecular weight is 1200 g/mol. The minimum atomic E-state index is -4.94. The molecule has 17 nitrogen and oxygen atoms in total. The van der Waals surface area contributed by atoms with Crippen molar-refractivity contribution < 1.29 is 80.2 Å². The maximum Gasteiger partial charge on any atom is 0.472 e. The predicted octanol–water partition coefficient (Wildman–Crippen LogP) is 17.0. The molecule has 0 aliphatic rings. The molecule has 0 rings (SSSR count). The van der Waals surface area contributed by atoms with Gasteiger partial charge in [-0.15, -0.1) is 0 Å². The summed E-state index contributed by atoms with van der Waals surface area (Å²) in [5.74, 6) is -1.47. The highest BCUT2D eigenvalue weighted by Crippen LogP contribution is 2.45. The van der Waals surface area contributed by atoms with Gasteiger partial charge in [0.2, 0.25) is 0 Å². The second-order valence-corrected chi connectivity index (χ2v) is 25.8. The van der Waals surface area contributed by atoms with E-state index in [4.69, 9.17) is 37.0 Å². The van der Waals surface area contributed by atoms with Crippen molar-refractivity contribution in [2.75, 3.05) is 39.6 Å². The first-order valence-corrected chi connectivity index (χ1v) is 35.6. The number of rotatable bonds is 62. The van der Waals surface area contributed by atoms with Crippen LogP contribution in [0.4, 0.5) is 0 Å². The van der Waals surface area contributed by atoms with Gasteiger partial charge < -0.3 is 33.8 Å². The molecule has 2 unspecified atom stereocenters. The topological polar surface area (TPSA) is 237 Å². The quantitative estimate of drug-likeness (QED) is 0.0222. The summed E-state index contributed by atoms with van der Waals surface area (Å²) in [4.78, 5) is 72.0. The van der Waals surface area contributed by atoms with E-state index in [2.05, 4.69) is 34.6 Å². The number of carbonyl (C=O) groups is 4. The summed E-state index contributed by atoms with van der Waals surface area (Å²) in [7, 11) is -9.88. The van der Waals surface area contributed by atoms with Crippen LogP contribution in [0.3, 0.4) is 0 Å². The van der Waals surface area contributed by atoms with Gasteiger partial charge in [0.05, 0.1) is 26.4 Å². The van der Waals surface area contributed by atoms with Crippen molar-refractivity contribution in [3.05, 3.63) is 0 Å². The number of phosphoric acid groups is 2. The number of aliphatic hydroxyl groups excluding tert-OH is 1. The van der Waals surface area contributed by atoms with Gasteiger partial charge in [0, 0.05) is 25.7 Å². The molecule has 0 radical (unpaired) electrons. The summed E-state index contributed by atoms with van der Waals surface area (Å²) < 4.78 is 67.8. The molecule has 0 saturated carbocycles. The van der Waals surface area contributed by atoms with Crippen LogP contribution in [-0.2, 0) is 65.4 Å². The third-order valence-corrected chi connectivity index (χ3v) is 16.2. The number of hydrogen-bond donors (Lipinski definition) is 3. The smallest absolute Gasteiger partial charge is 0.462 e. The van der Waals surface area contributed by atoms with Gasteiger partial charge in [-0.1, -0.05) is 259 Å². The van der Waals surface area contributed by atoms with E-state index in [-0.39, 0.29) is 25.7 Å². The molecule has 0 aromatic heterocycles. The van der Waals surface area contributed by atoms with Crippen molar-refractivity contribution in [3.8, 4) is 0 Å². The number of phosphoric ester groups is 2. The van der Waals surface area contributed by atoms with Crippen LogP contribution in [-0.4, -0.2) is 96.7 Å². The largest absolute Gasteiger partial charge is 0.472 e. The zero-order valence-electron chi connectivity index (χ0n) is 51.9. The first-order chi connectivity index (χ1) is 39.0. The first-order valence-electron chi connectivity index (χ1n) is 32.6.